The second-order valence-electron chi connectivity index (χ2n) is 4.96. The zero-order valence-corrected chi connectivity index (χ0v) is 11.5. The fraction of sp³-hybridized carbons (Fsp3) is 0.500. The van der Waals surface area contributed by atoms with E-state index in [-0.39, 0.29) is 17.4 Å². The van der Waals surface area contributed by atoms with Crippen molar-refractivity contribution in [3.05, 3.63) is 29.3 Å². The van der Waals surface area contributed by atoms with E-state index in [1.165, 1.54) is 12.1 Å². The van der Waals surface area contributed by atoms with E-state index in [1.807, 2.05) is 0 Å². The fourth-order valence-corrected chi connectivity index (χ4v) is 2.50. The minimum atomic E-state index is -4.58. The molecule has 1 aromatic rings. The molecule has 4 nitrogen and oxygen atoms in total. The molecule has 1 aliphatic heterocycles. The highest BCUT2D eigenvalue weighted by molar-refractivity contribution is 5.88. The van der Waals surface area contributed by atoms with E-state index in [2.05, 4.69) is 0 Å². The number of ether oxygens (including phenoxy) is 1. The number of anilines is 1. The number of hydrogen-bond acceptors (Lipinski definition) is 3. The molecular formula is C14H16F3NO3. The van der Waals surface area contributed by atoms with E-state index in [4.69, 9.17) is 9.84 Å². The number of carboxylic acids is 1. The number of carboxylic acid groups (broad SMARTS) is 1. The van der Waals surface area contributed by atoms with Crippen molar-refractivity contribution in [1.29, 1.82) is 0 Å². The van der Waals surface area contributed by atoms with Gasteiger partial charge in [0.15, 0.2) is 0 Å². The van der Waals surface area contributed by atoms with E-state index < -0.39 is 17.7 Å². The Hall–Kier alpha value is -1.76. The van der Waals surface area contributed by atoms with Crippen molar-refractivity contribution in [2.75, 3.05) is 25.1 Å². The van der Waals surface area contributed by atoms with Crippen LogP contribution in [0.4, 0.5) is 18.9 Å². The lowest BCUT2D eigenvalue weighted by molar-refractivity contribution is -0.137. The number of nitrogens with zero attached hydrogens (tertiary/aromatic N) is 1. The molecule has 0 aliphatic carbocycles. The molecule has 0 unspecified atom stereocenters. The number of alkyl halides is 3. The standard InChI is InChI=1S/C14H16F3NO3/c1-21-10-4-6-18(7-5-10)12-3-2-9(13(19)20)8-11(12)14(15,16)17/h2-3,8,10H,4-7H2,1H3,(H,19,20). The Balaban J connectivity index is 2.33. The minimum absolute atomic E-state index is 0.0297. The first-order valence-electron chi connectivity index (χ1n) is 6.55. The van der Waals surface area contributed by atoms with Gasteiger partial charge in [0.2, 0.25) is 0 Å². The van der Waals surface area contributed by atoms with E-state index in [0.717, 1.165) is 0 Å². The largest absolute Gasteiger partial charge is 0.478 e. The summed E-state index contributed by atoms with van der Waals surface area (Å²) in [5.74, 6) is -1.37. The van der Waals surface area contributed by atoms with Crippen LogP contribution in [0, 0.1) is 0 Å². The molecule has 21 heavy (non-hydrogen) atoms. The second kappa shape index (κ2) is 5.93. The number of aromatic carboxylic acids is 1. The van der Waals surface area contributed by atoms with Crippen molar-refractivity contribution in [2.24, 2.45) is 0 Å². The maximum Gasteiger partial charge on any atom is 0.418 e. The third kappa shape index (κ3) is 3.47. The lowest BCUT2D eigenvalue weighted by Crippen LogP contribution is -2.37. The summed E-state index contributed by atoms with van der Waals surface area (Å²) in [6.45, 7) is 0.905. The number of carbonyl (C=O) groups is 1. The number of methoxy groups -OCH3 is 1. The van der Waals surface area contributed by atoms with Gasteiger partial charge in [-0.2, -0.15) is 13.2 Å². The Morgan fingerprint density at radius 1 is 1.33 bits per heavy atom. The molecule has 1 aliphatic rings. The van der Waals surface area contributed by atoms with E-state index in [1.54, 1.807) is 12.0 Å². The minimum Gasteiger partial charge on any atom is -0.478 e. The number of benzene rings is 1. The van der Waals surface area contributed by atoms with Gasteiger partial charge in [-0.1, -0.05) is 0 Å². The molecule has 0 aromatic heterocycles. The van der Waals surface area contributed by atoms with Crippen LogP contribution in [-0.2, 0) is 10.9 Å². The van der Waals surface area contributed by atoms with Gasteiger partial charge in [-0.15, -0.1) is 0 Å². The summed E-state index contributed by atoms with van der Waals surface area (Å²) in [4.78, 5) is 12.5. The predicted octanol–water partition coefficient (Wildman–Crippen LogP) is 3.02. The van der Waals surface area contributed by atoms with Gasteiger partial charge in [0.1, 0.15) is 0 Å². The SMILES string of the molecule is COC1CCN(c2ccc(C(=O)O)cc2C(F)(F)F)CC1. The maximum absolute atomic E-state index is 13.1. The first-order valence-corrected chi connectivity index (χ1v) is 6.55. The zero-order chi connectivity index (χ0) is 15.6. The van der Waals surface area contributed by atoms with Gasteiger partial charge >= 0.3 is 12.1 Å². The second-order valence-corrected chi connectivity index (χ2v) is 4.96. The van der Waals surface area contributed by atoms with Gasteiger partial charge in [0.05, 0.1) is 17.2 Å². The lowest BCUT2D eigenvalue weighted by atomic mass is 10.0. The van der Waals surface area contributed by atoms with Crippen LogP contribution in [-0.4, -0.2) is 37.4 Å². The van der Waals surface area contributed by atoms with Gasteiger partial charge in [0.25, 0.3) is 0 Å². The normalized spacial score (nSPS) is 17.0. The number of hydrogen-bond donors (Lipinski definition) is 1. The fourth-order valence-electron chi connectivity index (χ4n) is 2.50. The van der Waals surface area contributed by atoms with Crippen molar-refractivity contribution in [1.82, 2.24) is 0 Å². The molecule has 0 atom stereocenters. The number of piperidine rings is 1. The highest BCUT2D eigenvalue weighted by Crippen LogP contribution is 2.38. The average molecular weight is 303 g/mol. The Bertz CT molecular complexity index is 523. The van der Waals surface area contributed by atoms with Crippen molar-refractivity contribution in [2.45, 2.75) is 25.1 Å². The Morgan fingerprint density at radius 3 is 2.43 bits per heavy atom. The summed E-state index contributed by atoms with van der Waals surface area (Å²) in [5.41, 5.74) is -1.24. The Labute approximate surface area is 120 Å². The number of rotatable bonds is 3. The van der Waals surface area contributed by atoms with E-state index in [9.17, 15) is 18.0 Å². The molecular weight excluding hydrogens is 287 g/mol. The van der Waals surface area contributed by atoms with Gasteiger partial charge in [-0.25, -0.2) is 4.79 Å². The molecule has 1 heterocycles. The van der Waals surface area contributed by atoms with Gasteiger partial charge in [-0.3, -0.25) is 0 Å². The summed E-state index contributed by atoms with van der Waals surface area (Å²) in [5, 5.41) is 8.85. The molecule has 0 amide bonds. The summed E-state index contributed by atoms with van der Waals surface area (Å²) in [7, 11) is 1.59. The molecule has 7 heteroatoms. The maximum atomic E-state index is 13.1. The van der Waals surface area contributed by atoms with Crippen molar-refractivity contribution in [3.8, 4) is 0 Å². The van der Waals surface area contributed by atoms with E-state index in [0.29, 0.717) is 32.0 Å². The summed E-state index contributed by atoms with van der Waals surface area (Å²) < 4.78 is 44.6. The topological polar surface area (TPSA) is 49.8 Å². The highest BCUT2D eigenvalue weighted by Gasteiger charge is 2.36. The van der Waals surface area contributed by atoms with Crippen LogP contribution >= 0.6 is 0 Å². The molecule has 1 N–H and O–H groups in total. The molecule has 116 valence electrons. The van der Waals surface area contributed by atoms with E-state index >= 15 is 0 Å². The van der Waals surface area contributed by atoms with Gasteiger partial charge in [-0.05, 0) is 31.0 Å². The van der Waals surface area contributed by atoms with Crippen LogP contribution in [0.2, 0.25) is 0 Å². The monoisotopic (exact) mass is 303 g/mol. The van der Waals surface area contributed by atoms with Crippen LogP contribution in [0.5, 0.6) is 0 Å². The molecule has 0 spiro atoms. The zero-order valence-electron chi connectivity index (χ0n) is 11.5. The van der Waals surface area contributed by atoms with Crippen molar-refractivity contribution in [3.63, 3.8) is 0 Å². The Kier molecular flexibility index (Phi) is 4.41. The predicted molar refractivity (Wildman–Crippen MR) is 70.6 cm³/mol. The molecule has 0 saturated carbocycles. The summed E-state index contributed by atoms with van der Waals surface area (Å²) >= 11 is 0. The third-order valence-corrected chi connectivity index (χ3v) is 3.66. The van der Waals surface area contributed by atoms with Crippen LogP contribution in [0.25, 0.3) is 0 Å². The van der Waals surface area contributed by atoms with Crippen LogP contribution in [0.3, 0.4) is 0 Å². The van der Waals surface area contributed by atoms with Crippen molar-refractivity contribution >= 4 is 11.7 Å². The molecule has 2 rings (SSSR count). The van der Waals surface area contributed by atoms with Crippen molar-refractivity contribution < 1.29 is 27.8 Å². The summed E-state index contributed by atoms with van der Waals surface area (Å²) in [6, 6.07) is 3.13. The molecule has 0 radical (unpaired) electrons. The third-order valence-electron chi connectivity index (χ3n) is 3.66. The smallest absolute Gasteiger partial charge is 0.418 e. The van der Waals surface area contributed by atoms with Crippen LogP contribution in [0.15, 0.2) is 18.2 Å². The molecule has 0 bridgehead atoms. The Morgan fingerprint density at radius 2 is 1.95 bits per heavy atom. The first kappa shape index (κ1) is 15.6. The molecule has 1 fully saturated rings. The van der Waals surface area contributed by atoms with Gasteiger partial charge < -0.3 is 14.7 Å². The quantitative estimate of drug-likeness (QED) is 0.932. The lowest BCUT2D eigenvalue weighted by Gasteiger charge is -2.34. The van der Waals surface area contributed by atoms with Gasteiger partial charge in [0, 0.05) is 25.9 Å². The van der Waals surface area contributed by atoms with Crippen LogP contribution in [0.1, 0.15) is 28.8 Å². The molecule has 1 aromatic carbocycles. The number of halogens is 3. The average Bonchev–Trinajstić information content (AvgIpc) is 2.46. The summed E-state index contributed by atoms with van der Waals surface area (Å²) in [6.07, 6.45) is -3.23. The molecule has 1 saturated heterocycles. The highest BCUT2D eigenvalue weighted by atomic mass is 19.4. The van der Waals surface area contributed by atoms with Crippen LogP contribution < -0.4 is 4.90 Å². The first-order chi connectivity index (χ1) is 9.82.